The van der Waals surface area contributed by atoms with Crippen LogP contribution < -0.4 is 0 Å². The summed E-state index contributed by atoms with van der Waals surface area (Å²) in [5.41, 5.74) is 8.93. The van der Waals surface area contributed by atoms with Crippen LogP contribution in [0.15, 0.2) is 137 Å². The zero-order valence-corrected chi connectivity index (χ0v) is 22.5. The summed E-state index contributed by atoms with van der Waals surface area (Å²) in [6.45, 7) is 0. The lowest BCUT2D eigenvalue weighted by molar-refractivity contribution is 1.18. The summed E-state index contributed by atoms with van der Waals surface area (Å²) in [5, 5.41) is 5.23. The lowest BCUT2D eigenvalue weighted by Gasteiger charge is -2.15. The van der Waals surface area contributed by atoms with Crippen molar-refractivity contribution in [3.63, 3.8) is 0 Å². The third-order valence-corrected chi connectivity index (χ3v) is 10.3. The van der Waals surface area contributed by atoms with Crippen LogP contribution in [0.1, 0.15) is 0 Å². The van der Waals surface area contributed by atoms with E-state index in [1.165, 1.54) is 79.7 Å². The van der Waals surface area contributed by atoms with Gasteiger partial charge in [0.2, 0.25) is 0 Å². The number of para-hydroxylation sites is 1. The zero-order chi connectivity index (χ0) is 25.5. The van der Waals surface area contributed by atoms with Crippen molar-refractivity contribution in [1.82, 2.24) is 4.57 Å². The van der Waals surface area contributed by atoms with E-state index in [-0.39, 0.29) is 0 Å². The molecule has 0 spiro atoms. The number of nitrogens with zero attached hydrogens (tertiary/aromatic N) is 1. The summed E-state index contributed by atoms with van der Waals surface area (Å²) >= 11 is 3.75. The molecule has 1 aliphatic heterocycles. The monoisotopic (exact) mass is 531 g/mol. The van der Waals surface area contributed by atoms with E-state index >= 15 is 0 Å². The predicted octanol–water partition coefficient (Wildman–Crippen LogP) is 11.0. The fraction of sp³-hybridized carbons (Fsp3) is 0. The second-order valence-electron chi connectivity index (χ2n) is 10.1. The maximum Gasteiger partial charge on any atom is 0.0631 e. The minimum Gasteiger partial charge on any atom is -0.309 e. The van der Waals surface area contributed by atoms with Gasteiger partial charge in [-0.15, -0.1) is 11.3 Å². The topological polar surface area (TPSA) is 4.93 Å². The van der Waals surface area contributed by atoms with Gasteiger partial charge in [-0.25, -0.2) is 0 Å². The average molecular weight is 532 g/mol. The number of fused-ring (bicyclic) bond motifs is 12. The van der Waals surface area contributed by atoms with Gasteiger partial charge in [-0.3, -0.25) is 0 Å². The minimum atomic E-state index is 1.20. The van der Waals surface area contributed by atoms with Crippen molar-refractivity contribution in [3.05, 3.63) is 127 Å². The standard InChI is InChI=1S/C36H21NS2/c1-2-13-27-23(9-1)25-11-4-7-15-31(25)39-34-20-18-28-24-10-3-6-14-30(24)37(36(28)35(27)34)22-17-19-33-29(21-22)26-12-5-8-16-32(26)38-33/h1-21H. The van der Waals surface area contributed by atoms with Gasteiger partial charge in [0.1, 0.15) is 0 Å². The molecule has 0 saturated heterocycles. The van der Waals surface area contributed by atoms with E-state index in [9.17, 15) is 0 Å². The molecule has 0 saturated carbocycles. The molecule has 1 aliphatic rings. The molecular formula is C36H21NS2. The number of thiophene rings is 1. The van der Waals surface area contributed by atoms with Gasteiger partial charge in [0.25, 0.3) is 0 Å². The summed E-state index contributed by atoms with van der Waals surface area (Å²) in [4.78, 5) is 2.60. The van der Waals surface area contributed by atoms with Crippen molar-refractivity contribution in [1.29, 1.82) is 0 Å². The fourth-order valence-electron chi connectivity index (χ4n) is 6.34. The van der Waals surface area contributed by atoms with Gasteiger partial charge < -0.3 is 4.57 Å². The van der Waals surface area contributed by atoms with Crippen molar-refractivity contribution in [2.45, 2.75) is 9.79 Å². The molecule has 9 rings (SSSR count). The van der Waals surface area contributed by atoms with E-state index in [0.29, 0.717) is 0 Å². The Kier molecular flexibility index (Phi) is 4.48. The molecule has 0 atom stereocenters. The molecule has 6 aromatic carbocycles. The molecular weight excluding hydrogens is 511 g/mol. The minimum absolute atomic E-state index is 1.20. The molecule has 0 amide bonds. The Hall–Kier alpha value is -4.31. The van der Waals surface area contributed by atoms with E-state index in [0.717, 1.165) is 0 Å². The fourth-order valence-corrected chi connectivity index (χ4v) is 8.54. The van der Waals surface area contributed by atoms with Gasteiger partial charge in [-0.05, 0) is 59.2 Å². The summed E-state index contributed by atoms with van der Waals surface area (Å²) < 4.78 is 5.17. The smallest absolute Gasteiger partial charge is 0.0631 e. The Bertz CT molecular complexity index is 2270. The van der Waals surface area contributed by atoms with Crippen LogP contribution in [-0.4, -0.2) is 4.57 Å². The molecule has 39 heavy (non-hydrogen) atoms. The number of hydrogen-bond donors (Lipinski definition) is 0. The van der Waals surface area contributed by atoms with Gasteiger partial charge in [0.15, 0.2) is 0 Å². The number of benzene rings is 6. The molecule has 3 heterocycles. The summed E-state index contributed by atoms with van der Waals surface area (Å²) in [5.74, 6) is 0. The van der Waals surface area contributed by atoms with Crippen molar-refractivity contribution < 1.29 is 0 Å². The van der Waals surface area contributed by atoms with Gasteiger partial charge in [-0.2, -0.15) is 0 Å². The second kappa shape index (κ2) is 8.09. The van der Waals surface area contributed by atoms with Gasteiger partial charge in [0.05, 0.1) is 11.0 Å². The van der Waals surface area contributed by atoms with Crippen LogP contribution >= 0.6 is 23.1 Å². The van der Waals surface area contributed by atoms with Crippen molar-refractivity contribution in [3.8, 4) is 27.9 Å². The summed E-state index contributed by atoms with van der Waals surface area (Å²) in [6.07, 6.45) is 0. The molecule has 8 aromatic rings. The molecule has 182 valence electrons. The van der Waals surface area contributed by atoms with E-state index in [1.807, 2.05) is 23.1 Å². The first-order valence-electron chi connectivity index (χ1n) is 13.2. The normalized spacial score (nSPS) is 12.5. The first-order chi connectivity index (χ1) is 19.3. The first kappa shape index (κ1) is 21.6. The Morgan fingerprint density at radius 3 is 2.10 bits per heavy atom. The van der Waals surface area contributed by atoms with Crippen LogP contribution in [-0.2, 0) is 0 Å². The Balaban J connectivity index is 1.45. The Morgan fingerprint density at radius 1 is 0.462 bits per heavy atom. The van der Waals surface area contributed by atoms with Crippen molar-refractivity contribution in [2.24, 2.45) is 0 Å². The van der Waals surface area contributed by atoms with Crippen LogP contribution in [0, 0.1) is 0 Å². The molecule has 1 nitrogen and oxygen atoms in total. The van der Waals surface area contributed by atoms with Crippen molar-refractivity contribution >= 4 is 65.1 Å². The maximum absolute atomic E-state index is 2.50. The maximum atomic E-state index is 2.50. The van der Waals surface area contributed by atoms with E-state index in [1.54, 1.807) is 0 Å². The summed E-state index contributed by atoms with van der Waals surface area (Å²) in [6, 6.07) is 47.0. The van der Waals surface area contributed by atoms with Crippen LogP contribution in [0.3, 0.4) is 0 Å². The molecule has 0 bridgehead atoms. The molecule has 0 fully saturated rings. The Morgan fingerprint density at radius 2 is 1.18 bits per heavy atom. The van der Waals surface area contributed by atoms with Crippen LogP contribution in [0.5, 0.6) is 0 Å². The van der Waals surface area contributed by atoms with Gasteiger partial charge >= 0.3 is 0 Å². The molecule has 3 heteroatoms. The molecule has 0 N–H and O–H groups in total. The highest BCUT2D eigenvalue weighted by Crippen LogP contribution is 2.51. The highest BCUT2D eigenvalue weighted by Gasteiger charge is 2.25. The molecule has 2 aromatic heterocycles. The molecule has 0 unspecified atom stereocenters. The lowest BCUT2D eigenvalue weighted by atomic mass is 9.93. The van der Waals surface area contributed by atoms with Gasteiger partial charge in [-0.1, -0.05) is 96.7 Å². The third kappa shape index (κ3) is 3.03. The SMILES string of the molecule is c1ccc2c(c1)Sc1ccc3c4ccccc4n(-c4ccc5sc6ccccc6c5c4)c3c1-c1ccccc1-2. The third-order valence-electron chi connectivity index (χ3n) is 8.01. The highest BCUT2D eigenvalue weighted by atomic mass is 32.2. The van der Waals surface area contributed by atoms with Crippen molar-refractivity contribution in [2.75, 3.05) is 0 Å². The lowest BCUT2D eigenvalue weighted by Crippen LogP contribution is -1.96. The summed E-state index contributed by atoms with van der Waals surface area (Å²) in [7, 11) is 0. The largest absolute Gasteiger partial charge is 0.309 e. The van der Waals surface area contributed by atoms with Crippen LogP contribution in [0.2, 0.25) is 0 Å². The highest BCUT2D eigenvalue weighted by molar-refractivity contribution is 7.99. The number of rotatable bonds is 1. The predicted molar refractivity (Wildman–Crippen MR) is 169 cm³/mol. The second-order valence-corrected chi connectivity index (χ2v) is 12.3. The van der Waals surface area contributed by atoms with Crippen LogP contribution in [0.4, 0.5) is 0 Å². The molecule has 0 aliphatic carbocycles. The van der Waals surface area contributed by atoms with Gasteiger partial charge in [0, 0.05) is 52.0 Å². The zero-order valence-electron chi connectivity index (χ0n) is 20.9. The Labute approximate surface area is 234 Å². The molecule has 0 radical (unpaired) electrons. The van der Waals surface area contributed by atoms with E-state index in [2.05, 4.69) is 132 Å². The quantitative estimate of drug-likeness (QED) is 0.204. The number of aromatic nitrogens is 1. The van der Waals surface area contributed by atoms with E-state index in [4.69, 9.17) is 0 Å². The van der Waals surface area contributed by atoms with E-state index < -0.39 is 0 Å². The van der Waals surface area contributed by atoms with Crippen LogP contribution in [0.25, 0.3) is 69.9 Å². The number of hydrogen-bond acceptors (Lipinski definition) is 2. The first-order valence-corrected chi connectivity index (χ1v) is 14.8. The average Bonchev–Trinajstić information content (AvgIpc) is 3.48.